The number of carbonyl (C=O) groups excluding carboxylic acids is 2. The van der Waals surface area contributed by atoms with E-state index in [1.54, 1.807) is 42.5 Å². The zero-order chi connectivity index (χ0) is 24.9. The first-order valence-corrected chi connectivity index (χ1v) is 11.6. The highest BCUT2D eigenvalue weighted by Gasteiger charge is 2.36. The summed E-state index contributed by atoms with van der Waals surface area (Å²) in [4.78, 5) is 37.3. The first-order valence-electron chi connectivity index (χ1n) is 10.4. The Hall–Kier alpha value is -3.82. The molecule has 0 N–H and O–H groups in total. The Kier molecular flexibility index (Phi) is 7.38. The molecule has 1 saturated heterocycles. The third kappa shape index (κ3) is 5.64. The fraction of sp³-hybridized carbons (Fsp3) is 0.120. The lowest BCUT2D eigenvalue weighted by molar-refractivity contribution is -0.385. The molecule has 0 radical (unpaired) electrons. The second kappa shape index (κ2) is 10.6. The SMILES string of the molecule is COc1cc(/C=C2\SC(=O)N(Cc3ccccc3[N+](=O)[O-])C2=O)ccc1OCc1ccc(Cl)cc1. The van der Waals surface area contributed by atoms with E-state index in [0.29, 0.717) is 28.7 Å². The van der Waals surface area contributed by atoms with E-state index >= 15 is 0 Å². The van der Waals surface area contributed by atoms with Gasteiger partial charge in [0.25, 0.3) is 16.8 Å². The molecule has 1 aliphatic rings. The van der Waals surface area contributed by atoms with E-state index in [-0.39, 0.29) is 22.7 Å². The zero-order valence-corrected chi connectivity index (χ0v) is 20.0. The first-order chi connectivity index (χ1) is 16.9. The number of imide groups is 1. The smallest absolute Gasteiger partial charge is 0.293 e. The molecule has 0 unspecified atom stereocenters. The molecule has 0 bridgehead atoms. The summed E-state index contributed by atoms with van der Waals surface area (Å²) in [5, 5.41) is 11.4. The van der Waals surface area contributed by atoms with Crippen LogP contribution in [0.1, 0.15) is 16.7 Å². The summed E-state index contributed by atoms with van der Waals surface area (Å²) >= 11 is 6.69. The number of carbonyl (C=O) groups is 2. The molecule has 0 saturated carbocycles. The molecule has 1 aliphatic heterocycles. The van der Waals surface area contributed by atoms with Gasteiger partial charge in [0, 0.05) is 16.7 Å². The van der Waals surface area contributed by atoms with Gasteiger partial charge in [-0.15, -0.1) is 0 Å². The quantitative estimate of drug-likeness (QED) is 0.206. The maximum Gasteiger partial charge on any atom is 0.293 e. The van der Waals surface area contributed by atoms with Crippen LogP contribution in [0.15, 0.2) is 71.6 Å². The van der Waals surface area contributed by atoms with Crippen molar-refractivity contribution in [2.45, 2.75) is 13.2 Å². The molecule has 0 spiro atoms. The van der Waals surface area contributed by atoms with Crippen molar-refractivity contribution in [2.75, 3.05) is 7.11 Å². The number of rotatable bonds is 8. The van der Waals surface area contributed by atoms with Gasteiger partial charge in [-0.1, -0.05) is 48.0 Å². The van der Waals surface area contributed by atoms with Crippen molar-refractivity contribution in [1.29, 1.82) is 0 Å². The van der Waals surface area contributed by atoms with E-state index in [0.717, 1.165) is 22.2 Å². The van der Waals surface area contributed by atoms with Crippen molar-refractivity contribution in [3.8, 4) is 11.5 Å². The first kappa shape index (κ1) is 24.3. The summed E-state index contributed by atoms with van der Waals surface area (Å²) in [6, 6.07) is 18.5. The van der Waals surface area contributed by atoms with Gasteiger partial charge in [0.15, 0.2) is 11.5 Å². The van der Waals surface area contributed by atoms with Gasteiger partial charge in [-0.05, 0) is 53.2 Å². The van der Waals surface area contributed by atoms with Crippen LogP contribution in [0.3, 0.4) is 0 Å². The maximum absolute atomic E-state index is 12.9. The highest BCUT2D eigenvalue weighted by atomic mass is 35.5. The fourth-order valence-electron chi connectivity index (χ4n) is 3.42. The van der Waals surface area contributed by atoms with Crippen LogP contribution in [0.5, 0.6) is 11.5 Å². The number of hydrogen-bond donors (Lipinski definition) is 0. The number of halogens is 1. The molecule has 4 rings (SSSR count). The number of hydrogen-bond acceptors (Lipinski definition) is 7. The van der Waals surface area contributed by atoms with Gasteiger partial charge in [-0.2, -0.15) is 0 Å². The molecule has 1 fully saturated rings. The van der Waals surface area contributed by atoms with E-state index in [2.05, 4.69) is 0 Å². The monoisotopic (exact) mass is 510 g/mol. The molecule has 2 amide bonds. The van der Waals surface area contributed by atoms with Gasteiger partial charge in [0.05, 0.1) is 23.5 Å². The number of nitro groups is 1. The second-order valence-corrected chi connectivity index (χ2v) is 8.91. The Balaban J connectivity index is 1.50. The van der Waals surface area contributed by atoms with E-state index in [9.17, 15) is 19.7 Å². The highest BCUT2D eigenvalue weighted by molar-refractivity contribution is 8.18. The molecule has 0 atom stereocenters. The second-order valence-electron chi connectivity index (χ2n) is 7.48. The number of amides is 2. The number of thioether (sulfide) groups is 1. The molecule has 8 nitrogen and oxygen atoms in total. The highest BCUT2D eigenvalue weighted by Crippen LogP contribution is 2.36. The normalized spacial score (nSPS) is 14.5. The molecular weight excluding hydrogens is 492 g/mol. The van der Waals surface area contributed by atoms with E-state index in [4.69, 9.17) is 21.1 Å². The van der Waals surface area contributed by atoms with Crippen LogP contribution in [0, 0.1) is 10.1 Å². The van der Waals surface area contributed by atoms with Crippen LogP contribution in [0.2, 0.25) is 5.02 Å². The van der Waals surface area contributed by atoms with E-state index in [1.165, 1.54) is 25.3 Å². The van der Waals surface area contributed by atoms with Crippen LogP contribution < -0.4 is 9.47 Å². The number of nitrogens with zero attached hydrogens (tertiary/aromatic N) is 2. The summed E-state index contributed by atoms with van der Waals surface area (Å²) in [7, 11) is 1.51. The molecule has 3 aromatic carbocycles. The third-order valence-electron chi connectivity index (χ3n) is 5.18. The molecule has 1 heterocycles. The lowest BCUT2D eigenvalue weighted by Gasteiger charge is -2.13. The predicted octanol–water partition coefficient (Wildman–Crippen LogP) is 6.07. The number of benzene rings is 3. The Bertz CT molecular complexity index is 1330. The Labute approximate surface area is 210 Å². The number of nitro benzene ring substituents is 1. The van der Waals surface area contributed by atoms with Gasteiger partial charge < -0.3 is 9.47 Å². The number of para-hydroxylation sites is 1. The van der Waals surface area contributed by atoms with E-state index in [1.807, 2.05) is 12.1 Å². The largest absolute Gasteiger partial charge is 0.493 e. The van der Waals surface area contributed by atoms with Gasteiger partial charge >= 0.3 is 0 Å². The zero-order valence-electron chi connectivity index (χ0n) is 18.5. The third-order valence-corrected chi connectivity index (χ3v) is 6.34. The summed E-state index contributed by atoms with van der Waals surface area (Å²) in [5.41, 5.74) is 1.71. The molecule has 35 heavy (non-hydrogen) atoms. The Morgan fingerprint density at radius 3 is 2.51 bits per heavy atom. The fourth-order valence-corrected chi connectivity index (χ4v) is 4.38. The van der Waals surface area contributed by atoms with Crippen molar-refractivity contribution < 1.29 is 24.0 Å². The minimum Gasteiger partial charge on any atom is -0.493 e. The van der Waals surface area contributed by atoms with Crippen molar-refractivity contribution >= 4 is 46.3 Å². The average Bonchev–Trinajstić information content (AvgIpc) is 3.11. The number of ether oxygens (including phenoxy) is 2. The minimum atomic E-state index is -0.535. The number of methoxy groups -OCH3 is 1. The van der Waals surface area contributed by atoms with Crippen molar-refractivity contribution in [2.24, 2.45) is 0 Å². The lowest BCUT2D eigenvalue weighted by atomic mass is 10.1. The van der Waals surface area contributed by atoms with Crippen LogP contribution in [-0.2, 0) is 17.9 Å². The average molecular weight is 511 g/mol. The van der Waals surface area contributed by atoms with Crippen LogP contribution in [0.25, 0.3) is 6.08 Å². The van der Waals surface area contributed by atoms with Gasteiger partial charge in [0.1, 0.15) is 6.61 Å². The molecule has 0 aliphatic carbocycles. The topological polar surface area (TPSA) is 99.0 Å². The van der Waals surface area contributed by atoms with Gasteiger partial charge in [0.2, 0.25) is 0 Å². The van der Waals surface area contributed by atoms with Crippen molar-refractivity contribution in [3.05, 3.63) is 103 Å². The molecule has 10 heteroatoms. The molecule has 178 valence electrons. The standard InChI is InChI=1S/C25H19ClN2O6S/c1-33-22-12-17(8-11-21(22)34-15-16-6-9-19(26)10-7-16)13-23-24(29)27(25(30)35-23)14-18-4-2-3-5-20(18)28(31)32/h2-13H,14-15H2,1H3/b23-13-. The summed E-state index contributed by atoms with van der Waals surface area (Å²) in [6.45, 7) is 0.136. The minimum absolute atomic E-state index is 0.144. The Morgan fingerprint density at radius 1 is 1.06 bits per heavy atom. The van der Waals surface area contributed by atoms with Crippen LogP contribution in [0.4, 0.5) is 10.5 Å². The molecular formula is C25H19ClN2O6S. The van der Waals surface area contributed by atoms with Crippen molar-refractivity contribution in [3.63, 3.8) is 0 Å². The summed E-state index contributed by atoms with van der Waals surface area (Å²) < 4.78 is 11.3. The summed E-state index contributed by atoms with van der Waals surface area (Å²) in [6.07, 6.45) is 1.58. The van der Waals surface area contributed by atoms with Gasteiger partial charge in [-0.3, -0.25) is 24.6 Å². The molecule has 0 aromatic heterocycles. The maximum atomic E-state index is 12.9. The van der Waals surface area contributed by atoms with E-state index < -0.39 is 16.1 Å². The summed E-state index contributed by atoms with van der Waals surface area (Å²) in [5.74, 6) is 0.469. The Morgan fingerprint density at radius 2 is 1.80 bits per heavy atom. The predicted molar refractivity (Wildman–Crippen MR) is 133 cm³/mol. The lowest BCUT2D eigenvalue weighted by Crippen LogP contribution is -2.27. The van der Waals surface area contributed by atoms with Crippen LogP contribution >= 0.6 is 23.4 Å². The van der Waals surface area contributed by atoms with Crippen molar-refractivity contribution in [1.82, 2.24) is 4.90 Å². The molecule has 3 aromatic rings. The van der Waals surface area contributed by atoms with Gasteiger partial charge in [-0.25, -0.2) is 0 Å². The van der Waals surface area contributed by atoms with Crippen LogP contribution in [-0.4, -0.2) is 28.1 Å².